The Labute approximate surface area is 99.2 Å². The zero-order valence-electron chi connectivity index (χ0n) is 9.56. The number of allylic oxidation sites excluding steroid dienone is 2. The molecule has 17 heavy (non-hydrogen) atoms. The van der Waals surface area contributed by atoms with Crippen molar-refractivity contribution < 1.29 is 13.2 Å². The lowest BCUT2D eigenvalue weighted by molar-refractivity contribution is -0.137. The van der Waals surface area contributed by atoms with Gasteiger partial charge in [-0.25, -0.2) is 0 Å². The smallest absolute Gasteiger partial charge is 0.166 e. The van der Waals surface area contributed by atoms with Crippen molar-refractivity contribution in [3.05, 3.63) is 47.0 Å². The molecule has 1 aliphatic carbocycles. The predicted molar refractivity (Wildman–Crippen MR) is 61.7 cm³/mol. The molecule has 92 valence electrons. The maximum absolute atomic E-state index is 12.3. The Bertz CT molecular complexity index is 392. The van der Waals surface area contributed by atoms with E-state index in [1.54, 1.807) is 12.1 Å². The molecule has 0 aliphatic heterocycles. The summed E-state index contributed by atoms with van der Waals surface area (Å²) in [5.41, 5.74) is 1.89. The average molecular weight is 240 g/mol. The molecule has 0 heterocycles. The first-order valence-corrected chi connectivity index (χ1v) is 5.90. The van der Waals surface area contributed by atoms with Crippen molar-refractivity contribution in [2.24, 2.45) is 0 Å². The molecular weight excluding hydrogens is 225 g/mol. The second kappa shape index (κ2) is 4.94. The summed E-state index contributed by atoms with van der Waals surface area (Å²) in [5, 5.41) is 0. The number of halogens is 3. The number of aryl methyl sites for hydroxylation is 1. The van der Waals surface area contributed by atoms with Crippen LogP contribution in [0.15, 0.2) is 35.9 Å². The first-order chi connectivity index (χ1) is 8.05. The van der Waals surface area contributed by atoms with Gasteiger partial charge in [0.1, 0.15) is 0 Å². The zero-order valence-corrected chi connectivity index (χ0v) is 9.56. The molecule has 1 aromatic rings. The van der Waals surface area contributed by atoms with Gasteiger partial charge in [0.05, 0.1) is 5.56 Å². The Morgan fingerprint density at radius 1 is 1.06 bits per heavy atom. The van der Waals surface area contributed by atoms with Gasteiger partial charge in [0.25, 0.3) is 0 Å². The second-order valence-corrected chi connectivity index (χ2v) is 4.45. The third-order valence-electron chi connectivity index (χ3n) is 3.14. The Hall–Kier alpha value is -1.25. The van der Waals surface area contributed by atoms with Crippen molar-refractivity contribution in [2.45, 2.75) is 38.3 Å². The number of alkyl halides is 3. The van der Waals surface area contributed by atoms with E-state index in [9.17, 15) is 13.2 Å². The fraction of sp³-hybridized carbons (Fsp3) is 0.429. The van der Waals surface area contributed by atoms with Gasteiger partial charge in [-0.1, -0.05) is 23.8 Å². The Balaban J connectivity index is 1.89. The summed E-state index contributed by atoms with van der Waals surface area (Å²) in [6.45, 7) is 0. The van der Waals surface area contributed by atoms with Gasteiger partial charge in [-0.3, -0.25) is 0 Å². The zero-order chi connectivity index (χ0) is 12.3. The molecule has 0 nitrogen and oxygen atoms in total. The predicted octanol–water partition coefficient (Wildman–Crippen LogP) is 4.75. The van der Waals surface area contributed by atoms with Crippen molar-refractivity contribution in [1.82, 2.24) is 0 Å². The quantitative estimate of drug-likeness (QED) is 0.669. The summed E-state index contributed by atoms with van der Waals surface area (Å²) in [6.07, 6.45) is 3.43. The molecule has 1 aromatic carbocycles. The summed E-state index contributed by atoms with van der Waals surface area (Å²) < 4.78 is 37.0. The van der Waals surface area contributed by atoms with Crippen molar-refractivity contribution in [1.29, 1.82) is 0 Å². The van der Waals surface area contributed by atoms with Gasteiger partial charge in [0.15, 0.2) is 0 Å². The Kier molecular flexibility index (Phi) is 3.55. The van der Waals surface area contributed by atoms with Gasteiger partial charge in [-0.2, -0.15) is 13.2 Å². The van der Waals surface area contributed by atoms with E-state index in [0.717, 1.165) is 30.5 Å². The van der Waals surface area contributed by atoms with Crippen LogP contribution in [0.1, 0.15) is 36.8 Å². The summed E-state index contributed by atoms with van der Waals surface area (Å²) >= 11 is 0. The molecule has 0 unspecified atom stereocenters. The molecule has 0 atom stereocenters. The Morgan fingerprint density at radius 2 is 1.71 bits per heavy atom. The number of rotatable bonds is 3. The highest BCUT2D eigenvalue weighted by molar-refractivity contribution is 5.25. The van der Waals surface area contributed by atoms with Gasteiger partial charge in [0, 0.05) is 0 Å². The minimum absolute atomic E-state index is 0.571. The van der Waals surface area contributed by atoms with E-state index >= 15 is 0 Å². The van der Waals surface area contributed by atoms with E-state index in [1.807, 2.05) is 0 Å². The SMILES string of the molecule is FC(F)(F)c1ccc(CCC=C2CCC2)cc1. The molecule has 0 N–H and O–H groups in total. The molecule has 1 fully saturated rings. The van der Waals surface area contributed by atoms with Crippen molar-refractivity contribution >= 4 is 0 Å². The van der Waals surface area contributed by atoms with Crippen LogP contribution < -0.4 is 0 Å². The van der Waals surface area contributed by atoms with Crippen molar-refractivity contribution in [2.75, 3.05) is 0 Å². The lowest BCUT2D eigenvalue weighted by Gasteiger charge is -2.15. The van der Waals surface area contributed by atoms with Crippen LogP contribution in [0.2, 0.25) is 0 Å². The van der Waals surface area contributed by atoms with Crippen LogP contribution >= 0.6 is 0 Å². The van der Waals surface area contributed by atoms with Gasteiger partial charge >= 0.3 is 6.18 Å². The van der Waals surface area contributed by atoms with Gasteiger partial charge in [0.2, 0.25) is 0 Å². The molecule has 0 spiro atoms. The summed E-state index contributed by atoms with van der Waals surface area (Å²) in [6, 6.07) is 5.46. The van der Waals surface area contributed by atoms with E-state index in [4.69, 9.17) is 0 Å². The summed E-state index contributed by atoms with van der Waals surface area (Å²) in [4.78, 5) is 0. The van der Waals surface area contributed by atoms with Gasteiger partial charge in [-0.15, -0.1) is 0 Å². The first kappa shape index (κ1) is 12.2. The number of hydrogen-bond acceptors (Lipinski definition) is 0. The lowest BCUT2D eigenvalue weighted by Crippen LogP contribution is -2.04. The molecule has 0 radical (unpaired) electrons. The van der Waals surface area contributed by atoms with Crippen molar-refractivity contribution in [3.63, 3.8) is 0 Å². The highest BCUT2D eigenvalue weighted by Gasteiger charge is 2.29. The van der Waals surface area contributed by atoms with E-state index in [0.29, 0.717) is 0 Å². The molecule has 3 heteroatoms. The first-order valence-electron chi connectivity index (χ1n) is 5.90. The molecule has 0 bridgehead atoms. The average Bonchev–Trinajstić information content (AvgIpc) is 2.21. The maximum Gasteiger partial charge on any atom is 0.416 e. The van der Waals surface area contributed by atoms with Crippen LogP contribution in [0.3, 0.4) is 0 Å². The Morgan fingerprint density at radius 3 is 2.18 bits per heavy atom. The fourth-order valence-corrected chi connectivity index (χ4v) is 1.89. The minimum atomic E-state index is -4.23. The standard InChI is InChI=1S/C14H15F3/c15-14(16,17)13-9-7-12(8-10-13)6-2-5-11-3-1-4-11/h5,7-10H,1-4,6H2. The number of hydrogen-bond donors (Lipinski definition) is 0. The van der Waals surface area contributed by atoms with Crippen LogP contribution in [0.4, 0.5) is 13.2 Å². The van der Waals surface area contributed by atoms with E-state index < -0.39 is 11.7 Å². The van der Waals surface area contributed by atoms with Gasteiger partial charge < -0.3 is 0 Å². The van der Waals surface area contributed by atoms with Crippen LogP contribution in [-0.2, 0) is 12.6 Å². The largest absolute Gasteiger partial charge is 0.416 e. The van der Waals surface area contributed by atoms with E-state index in [2.05, 4.69) is 6.08 Å². The van der Waals surface area contributed by atoms with Crippen molar-refractivity contribution in [3.8, 4) is 0 Å². The van der Waals surface area contributed by atoms with E-state index in [1.165, 1.54) is 24.8 Å². The normalized spacial score (nSPS) is 15.6. The van der Waals surface area contributed by atoms with E-state index in [-0.39, 0.29) is 0 Å². The molecule has 0 aromatic heterocycles. The number of benzene rings is 1. The molecule has 0 amide bonds. The summed E-state index contributed by atoms with van der Waals surface area (Å²) in [7, 11) is 0. The van der Waals surface area contributed by atoms with Crippen LogP contribution in [0.25, 0.3) is 0 Å². The van der Waals surface area contributed by atoms with Crippen LogP contribution in [0.5, 0.6) is 0 Å². The molecule has 1 saturated carbocycles. The lowest BCUT2D eigenvalue weighted by atomic mass is 9.91. The molecule has 0 saturated heterocycles. The molecular formula is C14H15F3. The fourth-order valence-electron chi connectivity index (χ4n) is 1.89. The highest BCUT2D eigenvalue weighted by atomic mass is 19.4. The monoisotopic (exact) mass is 240 g/mol. The van der Waals surface area contributed by atoms with Crippen LogP contribution in [0, 0.1) is 0 Å². The van der Waals surface area contributed by atoms with Crippen LogP contribution in [-0.4, -0.2) is 0 Å². The summed E-state index contributed by atoms with van der Waals surface area (Å²) in [5.74, 6) is 0. The minimum Gasteiger partial charge on any atom is -0.166 e. The molecule has 2 rings (SSSR count). The molecule has 1 aliphatic rings. The second-order valence-electron chi connectivity index (χ2n) is 4.45. The highest BCUT2D eigenvalue weighted by Crippen LogP contribution is 2.29. The third kappa shape index (κ3) is 3.35. The van der Waals surface area contributed by atoms with Gasteiger partial charge in [-0.05, 0) is 49.8 Å². The topological polar surface area (TPSA) is 0 Å². The maximum atomic E-state index is 12.3. The third-order valence-corrected chi connectivity index (χ3v) is 3.14.